The number of nitrogens with zero attached hydrogens (tertiary/aromatic N) is 3. The van der Waals surface area contributed by atoms with Crippen LogP contribution in [0.25, 0.3) is 0 Å². The third-order valence-electron chi connectivity index (χ3n) is 5.09. The molecule has 0 aliphatic carbocycles. The number of piperazine rings is 1. The molecule has 142 valence electrons. The molecule has 27 heavy (non-hydrogen) atoms. The molecular weight excluding hydrogens is 338 g/mol. The van der Waals surface area contributed by atoms with Crippen LogP contribution < -0.4 is 4.90 Å². The number of carbonyl (C=O) groups is 2. The quantitative estimate of drug-likeness (QED) is 0.837. The molecule has 0 bridgehead atoms. The third kappa shape index (κ3) is 4.13. The first-order valence-electron chi connectivity index (χ1n) is 9.29. The second kappa shape index (κ2) is 7.82. The second-order valence-corrected chi connectivity index (χ2v) is 7.36. The lowest BCUT2D eigenvalue weighted by atomic mass is 10.1. The summed E-state index contributed by atoms with van der Waals surface area (Å²) in [5, 5.41) is 0. The van der Waals surface area contributed by atoms with Crippen LogP contribution in [0.3, 0.4) is 0 Å². The van der Waals surface area contributed by atoms with Crippen molar-refractivity contribution in [3.63, 3.8) is 0 Å². The van der Waals surface area contributed by atoms with E-state index >= 15 is 0 Å². The maximum atomic E-state index is 12.9. The van der Waals surface area contributed by atoms with E-state index < -0.39 is 6.04 Å². The number of rotatable bonds is 4. The van der Waals surface area contributed by atoms with Crippen LogP contribution in [0.2, 0.25) is 0 Å². The summed E-state index contributed by atoms with van der Waals surface area (Å²) in [6.07, 6.45) is 0. The minimum Gasteiger partial charge on any atom is -0.378 e. The zero-order chi connectivity index (χ0) is 19.6. The number of aryl methyl sites for hydroxylation is 1. The average Bonchev–Trinajstić information content (AvgIpc) is 2.65. The van der Waals surface area contributed by atoms with E-state index in [-0.39, 0.29) is 11.8 Å². The summed E-state index contributed by atoms with van der Waals surface area (Å²) in [6.45, 7) is 5.55. The smallest absolute Gasteiger partial charge is 0.254 e. The number of hydrogen-bond acceptors (Lipinski definition) is 3. The molecule has 1 saturated heterocycles. The lowest BCUT2D eigenvalue weighted by molar-refractivity contribution is -0.140. The molecule has 1 aliphatic rings. The molecule has 1 aliphatic heterocycles. The van der Waals surface area contributed by atoms with Gasteiger partial charge in [0, 0.05) is 45.0 Å². The standard InChI is InChI=1S/C22H27N3O2/c1-16-6-5-7-18(14-16)15-24-12-13-25(17(2)21(24)26)22(27)19-8-10-20(11-9-19)23(3)4/h5-11,14,17H,12-13,15H2,1-4H3. The molecule has 2 aromatic carbocycles. The molecule has 0 radical (unpaired) electrons. The van der Waals surface area contributed by atoms with Crippen LogP contribution >= 0.6 is 0 Å². The number of carbonyl (C=O) groups excluding carboxylic acids is 2. The Hall–Kier alpha value is -2.82. The molecule has 1 atom stereocenters. The normalized spacial score (nSPS) is 17.2. The topological polar surface area (TPSA) is 43.9 Å². The van der Waals surface area contributed by atoms with E-state index in [0.29, 0.717) is 25.2 Å². The van der Waals surface area contributed by atoms with E-state index in [1.54, 1.807) is 4.90 Å². The van der Waals surface area contributed by atoms with Gasteiger partial charge in [0.2, 0.25) is 5.91 Å². The molecule has 0 N–H and O–H groups in total. The maximum absolute atomic E-state index is 12.9. The van der Waals surface area contributed by atoms with Gasteiger partial charge in [-0.1, -0.05) is 29.8 Å². The summed E-state index contributed by atoms with van der Waals surface area (Å²) < 4.78 is 0. The van der Waals surface area contributed by atoms with Crippen LogP contribution in [0.15, 0.2) is 48.5 Å². The Morgan fingerprint density at radius 1 is 1.11 bits per heavy atom. The minimum absolute atomic E-state index is 0.000942. The highest BCUT2D eigenvalue weighted by molar-refractivity contribution is 5.98. The molecule has 0 spiro atoms. The molecule has 5 nitrogen and oxygen atoms in total. The van der Waals surface area contributed by atoms with Gasteiger partial charge in [-0.25, -0.2) is 0 Å². The fourth-order valence-corrected chi connectivity index (χ4v) is 3.46. The van der Waals surface area contributed by atoms with Crippen molar-refractivity contribution >= 4 is 17.5 Å². The van der Waals surface area contributed by atoms with E-state index in [4.69, 9.17) is 0 Å². The Morgan fingerprint density at radius 2 is 1.81 bits per heavy atom. The van der Waals surface area contributed by atoms with Crippen molar-refractivity contribution in [3.8, 4) is 0 Å². The Morgan fingerprint density at radius 3 is 2.44 bits per heavy atom. The highest BCUT2D eigenvalue weighted by Crippen LogP contribution is 2.19. The highest BCUT2D eigenvalue weighted by atomic mass is 16.2. The lowest BCUT2D eigenvalue weighted by Crippen LogP contribution is -2.57. The predicted molar refractivity (Wildman–Crippen MR) is 108 cm³/mol. The van der Waals surface area contributed by atoms with Gasteiger partial charge in [0.25, 0.3) is 5.91 Å². The van der Waals surface area contributed by atoms with E-state index in [9.17, 15) is 9.59 Å². The molecule has 2 amide bonds. The molecule has 0 saturated carbocycles. The van der Waals surface area contributed by atoms with Crippen molar-refractivity contribution in [2.45, 2.75) is 26.4 Å². The molecule has 1 heterocycles. The maximum Gasteiger partial charge on any atom is 0.254 e. The van der Waals surface area contributed by atoms with Crippen LogP contribution in [0.5, 0.6) is 0 Å². The number of amides is 2. The first-order chi connectivity index (χ1) is 12.9. The minimum atomic E-state index is -0.454. The molecular formula is C22H27N3O2. The van der Waals surface area contributed by atoms with E-state index in [1.165, 1.54) is 5.56 Å². The highest BCUT2D eigenvalue weighted by Gasteiger charge is 2.34. The number of benzene rings is 2. The largest absolute Gasteiger partial charge is 0.378 e. The van der Waals surface area contributed by atoms with Crippen LogP contribution in [0, 0.1) is 6.92 Å². The summed E-state index contributed by atoms with van der Waals surface area (Å²) in [5.74, 6) is -0.0858. The number of hydrogen-bond donors (Lipinski definition) is 0. The molecule has 1 fully saturated rings. The molecule has 1 unspecified atom stereocenters. The van der Waals surface area contributed by atoms with E-state index in [1.807, 2.05) is 80.2 Å². The average molecular weight is 365 g/mol. The Kier molecular flexibility index (Phi) is 5.49. The van der Waals surface area contributed by atoms with Gasteiger partial charge in [-0.05, 0) is 43.7 Å². The second-order valence-electron chi connectivity index (χ2n) is 7.36. The zero-order valence-electron chi connectivity index (χ0n) is 16.5. The first kappa shape index (κ1) is 19.0. The van der Waals surface area contributed by atoms with Gasteiger partial charge in [-0.3, -0.25) is 9.59 Å². The fourth-order valence-electron chi connectivity index (χ4n) is 3.46. The van der Waals surface area contributed by atoms with Crippen molar-refractivity contribution in [2.75, 3.05) is 32.1 Å². The van der Waals surface area contributed by atoms with Crippen molar-refractivity contribution in [1.29, 1.82) is 0 Å². The van der Waals surface area contributed by atoms with Crippen molar-refractivity contribution < 1.29 is 9.59 Å². The van der Waals surface area contributed by atoms with Crippen molar-refractivity contribution in [3.05, 3.63) is 65.2 Å². The zero-order valence-corrected chi connectivity index (χ0v) is 16.5. The molecule has 0 aromatic heterocycles. The molecule has 3 rings (SSSR count). The SMILES string of the molecule is Cc1cccc(CN2CCN(C(=O)c3ccc(N(C)C)cc3)C(C)C2=O)c1. The van der Waals surface area contributed by atoms with Crippen LogP contribution in [0.4, 0.5) is 5.69 Å². The molecule has 5 heteroatoms. The third-order valence-corrected chi connectivity index (χ3v) is 5.09. The lowest BCUT2D eigenvalue weighted by Gasteiger charge is -2.39. The Balaban J connectivity index is 1.69. The van der Waals surface area contributed by atoms with E-state index in [2.05, 4.69) is 6.07 Å². The van der Waals surface area contributed by atoms with Gasteiger partial charge in [0.05, 0.1) is 0 Å². The van der Waals surface area contributed by atoms with Crippen molar-refractivity contribution in [2.24, 2.45) is 0 Å². The van der Waals surface area contributed by atoms with Crippen LogP contribution in [0.1, 0.15) is 28.4 Å². The molecule has 2 aromatic rings. The van der Waals surface area contributed by atoms with Crippen molar-refractivity contribution in [1.82, 2.24) is 9.80 Å². The fraction of sp³-hybridized carbons (Fsp3) is 0.364. The van der Waals surface area contributed by atoms with Crippen LogP contribution in [-0.2, 0) is 11.3 Å². The Labute approximate surface area is 161 Å². The summed E-state index contributed by atoms with van der Waals surface area (Å²) in [4.78, 5) is 31.2. The van der Waals surface area contributed by atoms with Gasteiger partial charge in [-0.2, -0.15) is 0 Å². The van der Waals surface area contributed by atoms with Gasteiger partial charge in [0.1, 0.15) is 6.04 Å². The summed E-state index contributed by atoms with van der Waals surface area (Å²) in [6, 6.07) is 15.2. The Bertz CT molecular complexity index is 830. The predicted octanol–water partition coefficient (Wildman–Crippen LogP) is 2.93. The number of anilines is 1. The summed E-state index contributed by atoms with van der Waals surface area (Å²) in [5.41, 5.74) is 3.96. The van der Waals surface area contributed by atoms with Gasteiger partial charge >= 0.3 is 0 Å². The van der Waals surface area contributed by atoms with Gasteiger partial charge < -0.3 is 14.7 Å². The van der Waals surface area contributed by atoms with Gasteiger partial charge in [-0.15, -0.1) is 0 Å². The van der Waals surface area contributed by atoms with E-state index in [0.717, 1.165) is 11.3 Å². The monoisotopic (exact) mass is 365 g/mol. The first-order valence-corrected chi connectivity index (χ1v) is 9.29. The summed E-state index contributed by atoms with van der Waals surface area (Å²) in [7, 11) is 3.93. The van der Waals surface area contributed by atoms with Gasteiger partial charge in [0.15, 0.2) is 0 Å². The van der Waals surface area contributed by atoms with Crippen LogP contribution in [-0.4, -0.2) is 54.8 Å². The summed E-state index contributed by atoms with van der Waals surface area (Å²) >= 11 is 0.